The summed E-state index contributed by atoms with van der Waals surface area (Å²) in [5, 5.41) is 8.94. The predicted octanol–water partition coefficient (Wildman–Crippen LogP) is 1.60. The third-order valence-corrected chi connectivity index (χ3v) is 3.54. The summed E-state index contributed by atoms with van der Waals surface area (Å²) in [7, 11) is 0. The van der Waals surface area contributed by atoms with Crippen molar-refractivity contribution in [3.05, 3.63) is 0 Å². The van der Waals surface area contributed by atoms with Crippen LogP contribution >= 0.6 is 11.8 Å². The number of hydrogen-bond donors (Lipinski definition) is 1. The number of carbonyl (C=O) groups excluding carboxylic acids is 1. The van der Waals surface area contributed by atoms with Gasteiger partial charge < -0.3 is 10.0 Å². The molecule has 0 aromatic carbocycles. The van der Waals surface area contributed by atoms with Crippen LogP contribution in [0.4, 0.5) is 0 Å². The Morgan fingerprint density at radius 3 is 2.81 bits per heavy atom. The van der Waals surface area contributed by atoms with Gasteiger partial charge in [0.1, 0.15) is 6.04 Å². The summed E-state index contributed by atoms with van der Waals surface area (Å²) >= 11 is 1.77. The van der Waals surface area contributed by atoms with Gasteiger partial charge in [0.05, 0.1) is 0 Å². The fourth-order valence-electron chi connectivity index (χ4n) is 1.99. The molecule has 4 nitrogen and oxygen atoms in total. The molecule has 1 saturated heterocycles. The highest BCUT2D eigenvalue weighted by Crippen LogP contribution is 2.19. The van der Waals surface area contributed by atoms with E-state index in [0.29, 0.717) is 19.4 Å². The zero-order valence-corrected chi connectivity index (χ0v) is 10.5. The van der Waals surface area contributed by atoms with Gasteiger partial charge >= 0.3 is 5.97 Å². The Morgan fingerprint density at radius 1 is 1.44 bits per heavy atom. The quantitative estimate of drug-likeness (QED) is 0.722. The number of thioether (sulfide) groups is 1. The molecule has 1 heterocycles. The van der Waals surface area contributed by atoms with E-state index in [1.165, 1.54) is 4.90 Å². The molecule has 1 N–H and O–H groups in total. The summed E-state index contributed by atoms with van der Waals surface area (Å²) in [4.78, 5) is 24.2. The number of rotatable bonds is 6. The number of nitrogens with zero attached hydrogens (tertiary/aromatic N) is 1. The maximum absolute atomic E-state index is 11.8. The van der Waals surface area contributed by atoms with Crippen molar-refractivity contribution in [3.8, 4) is 0 Å². The number of carboxylic acid groups (broad SMARTS) is 1. The minimum atomic E-state index is -0.866. The molecule has 0 radical (unpaired) electrons. The van der Waals surface area contributed by atoms with Crippen LogP contribution in [0.25, 0.3) is 0 Å². The number of carboxylic acids is 1. The van der Waals surface area contributed by atoms with Crippen molar-refractivity contribution in [2.24, 2.45) is 0 Å². The highest BCUT2D eigenvalue weighted by Gasteiger charge is 2.33. The largest absolute Gasteiger partial charge is 0.480 e. The first kappa shape index (κ1) is 13.4. The van der Waals surface area contributed by atoms with Crippen LogP contribution in [0.2, 0.25) is 0 Å². The summed E-state index contributed by atoms with van der Waals surface area (Å²) in [5.41, 5.74) is 0. The van der Waals surface area contributed by atoms with Crippen LogP contribution in [-0.4, -0.2) is 46.5 Å². The molecule has 0 saturated carbocycles. The van der Waals surface area contributed by atoms with E-state index in [9.17, 15) is 9.59 Å². The average molecular weight is 245 g/mol. The number of hydrogen-bond acceptors (Lipinski definition) is 3. The second-order valence-electron chi connectivity index (χ2n) is 4.03. The summed E-state index contributed by atoms with van der Waals surface area (Å²) in [6, 6.07) is -0.576. The fourth-order valence-corrected chi connectivity index (χ4v) is 2.48. The number of amides is 1. The highest BCUT2D eigenvalue weighted by atomic mass is 32.2. The molecule has 1 rings (SSSR count). The molecule has 1 aliphatic heterocycles. The van der Waals surface area contributed by atoms with Crippen LogP contribution in [0.3, 0.4) is 0 Å². The van der Waals surface area contributed by atoms with E-state index in [1.807, 2.05) is 6.26 Å². The first-order valence-electron chi connectivity index (χ1n) is 5.68. The lowest BCUT2D eigenvalue weighted by molar-refractivity contribution is -0.148. The fraction of sp³-hybridized carbons (Fsp3) is 0.818. The second kappa shape index (κ2) is 6.78. The predicted molar refractivity (Wildman–Crippen MR) is 64.6 cm³/mol. The molecule has 0 unspecified atom stereocenters. The third kappa shape index (κ3) is 3.70. The average Bonchev–Trinajstić information content (AvgIpc) is 2.73. The molecule has 1 atom stereocenters. The van der Waals surface area contributed by atoms with Crippen molar-refractivity contribution in [2.45, 2.75) is 38.1 Å². The SMILES string of the molecule is CSCCCCC(=O)N1CCC[C@H]1C(=O)O. The number of likely N-dealkylation sites (tertiary alicyclic amines) is 1. The van der Waals surface area contributed by atoms with Crippen LogP contribution in [0.1, 0.15) is 32.1 Å². The van der Waals surface area contributed by atoms with Gasteiger partial charge in [-0.05, 0) is 37.7 Å². The van der Waals surface area contributed by atoms with Gasteiger partial charge in [-0.25, -0.2) is 4.79 Å². The number of unbranched alkanes of at least 4 members (excludes halogenated alkanes) is 1. The minimum absolute atomic E-state index is 0.00556. The van der Waals surface area contributed by atoms with E-state index in [-0.39, 0.29) is 5.91 Å². The van der Waals surface area contributed by atoms with Gasteiger partial charge in [-0.1, -0.05) is 0 Å². The Kier molecular flexibility index (Phi) is 5.66. The van der Waals surface area contributed by atoms with E-state index in [2.05, 4.69) is 0 Å². The van der Waals surface area contributed by atoms with Crippen LogP contribution in [0.5, 0.6) is 0 Å². The zero-order chi connectivity index (χ0) is 12.0. The molecule has 0 spiro atoms. The Morgan fingerprint density at radius 2 is 2.19 bits per heavy atom. The molecule has 1 aliphatic rings. The van der Waals surface area contributed by atoms with Gasteiger partial charge in [0.2, 0.25) is 5.91 Å². The van der Waals surface area contributed by atoms with E-state index in [4.69, 9.17) is 5.11 Å². The molecule has 1 fully saturated rings. The van der Waals surface area contributed by atoms with Gasteiger partial charge in [0.25, 0.3) is 0 Å². The summed E-state index contributed by atoms with van der Waals surface area (Å²) in [5.74, 6) is 0.205. The van der Waals surface area contributed by atoms with Crippen LogP contribution in [-0.2, 0) is 9.59 Å². The van der Waals surface area contributed by atoms with Gasteiger partial charge in [0, 0.05) is 13.0 Å². The normalized spacial score (nSPS) is 20.1. The number of aliphatic carboxylic acids is 1. The van der Waals surface area contributed by atoms with Crippen molar-refractivity contribution in [2.75, 3.05) is 18.6 Å². The molecule has 0 aromatic heterocycles. The van der Waals surface area contributed by atoms with Crippen LogP contribution in [0, 0.1) is 0 Å². The Labute approximate surface area is 100 Å². The van der Waals surface area contributed by atoms with E-state index in [0.717, 1.165) is 25.0 Å². The van der Waals surface area contributed by atoms with E-state index < -0.39 is 12.0 Å². The molecule has 0 aliphatic carbocycles. The lowest BCUT2D eigenvalue weighted by atomic mass is 10.2. The standard InChI is InChI=1S/C11H19NO3S/c1-16-8-3-2-6-10(13)12-7-4-5-9(12)11(14)15/h9H,2-8H2,1H3,(H,14,15)/t9-/m0/s1. The summed E-state index contributed by atoms with van der Waals surface area (Å²) < 4.78 is 0. The first-order chi connectivity index (χ1) is 7.66. The van der Waals surface area contributed by atoms with Crippen molar-refractivity contribution in [1.29, 1.82) is 0 Å². The second-order valence-corrected chi connectivity index (χ2v) is 5.02. The molecular formula is C11H19NO3S. The van der Waals surface area contributed by atoms with Crippen molar-refractivity contribution < 1.29 is 14.7 Å². The van der Waals surface area contributed by atoms with Gasteiger partial charge in [0.15, 0.2) is 0 Å². The maximum Gasteiger partial charge on any atom is 0.326 e. The monoisotopic (exact) mass is 245 g/mol. The molecule has 16 heavy (non-hydrogen) atoms. The molecule has 5 heteroatoms. The third-order valence-electron chi connectivity index (χ3n) is 2.85. The number of carbonyl (C=O) groups is 2. The lowest BCUT2D eigenvalue weighted by Gasteiger charge is -2.21. The Bertz CT molecular complexity index is 258. The van der Waals surface area contributed by atoms with Crippen molar-refractivity contribution in [1.82, 2.24) is 4.90 Å². The molecule has 0 aromatic rings. The highest BCUT2D eigenvalue weighted by molar-refractivity contribution is 7.98. The van der Waals surface area contributed by atoms with Crippen LogP contribution in [0.15, 0.2) is 0 Å². The lowest BCUT2D eigenvalue weighted by Crippen LogP contribution is -2.40. The van der Waals surface area contributed by atoms with Gasteiger partial charge in [-0.15, -0.1) is 0 Å². The zero-order valence-electron chi connectivity index (χ0n) is 9.65. The molecule has 1 amide bonds. The topological polar surface area (TPSA) is 57.6 Å². The molecule has 0 bridgehead atoms. The van der Waals surface area contributed by atoms with Gasteiger partial charge in [-0.2, -0.15) is 11.8 Å². The van der Waals surface area contributed by atoms with E-state index >= 15 is 0 Å². The molecular weight excluding hydrogens is 226 g/mol. The minimum Gasteiger partial charge on any atom is -0.480 e. The summed E-state index contributed by atoms with van der Waals surface area (Å²) in [6.45, 7) is 0.609. The van der Waals surface area contributed by atoms with Crippen molar-refractivity contribution in [3.63, 3.8) is 0 Å². The van der Waals surface area contributed by atoms with Crippen molar-refractivity contribution >= 4 is 23.6 Å². The Hall–Kier alpha value is -0.710. The smallest absolute Gasteiger partial charge is 0.326 e. The van der Waals surface area contributed by atoms with E-state index in [1.54, 1.807) is 11.8 Å². The summed E-state index contributed by atoms with van der Waals surface area (Å²) in [6.07, 6.45) is 5.84. The molecule has 92 valence electrons. The first-order valence-corrected chi connectivity index (χ1v) is 7.07. The maximum atomic E-state index is 11.8. The van der Waals surface area contributed by atoms with Crippen LogP contribution < -0.4 is 0 Å². The van der Waals surface area contributed by atoms with Gasteiger partial charge in [-0.3, -0.25) is 4.79 Å². The Balaban J connectivity index is 2.32.